The zero-order valence-electron chi connectivity index (χ0n) is 12.7. The van der Waals surface area contributed by atoms with Gasteiger partial charge in [0.2, 0.25) is 0 Å². The minimum Gasteiger partial charge on any atom is -0.481 e. The zero-order valence-corrected chi connectivity index (χ0v) is 12.7. The van der Waals surface area contributed by atoms with E-state index in [0.717, 1.165) is 13.1 Å². The third-order valence-corrected chi connectivity index (χ3v) is 4.47. The SMILES string of the molecule is CC(C(=O)O)C1CN(C(C)c2ccc(N(C)C)cc2)C1. The van der Waals surface area contributed by atoms with Crippen molar-refractivity contribution in [3.8, 4) is 0 Å². The van der Waals surface area contributed by atoms with Crippen molar-refractivity contribution >= 4 is 11.7 Å². The molecule has 1 aromatic rings. The number of rotatable bonds is 5. The summed E-state index contributed by atoms with van der Waals surface area (Å²) in [7, 11) is 4.07. The molecule has 1 saturated heterocycles. The summed E-state index contributed by atoms with van der Waals surface area (Å²) in [5.41, 5.74) is 2.49. The minimum absolute atomic E-state index is 0.241. The Balaban J connectivity index is 1.93. The van der Waals surface area contributed by atoms with E-state index in [2.05, 4.69) is 41.0 Å². The summed E-state index contributed by atoms with van der Waals surface area (Å²) in [5, 5.41) is 9.02. The highest BCUT2D eigenvalue weighted by molar-refractivity contribution is 5.70. The maximum atomic E-state index is 11.0. The molecule has 0 saturated carbocycles. The zero-order chi connectivity index (χ0) is 14.9. The summed E-state index contributed by atoms with van der Waals surface area (Å²) in [6.45, 7) is 5.75. The average Bonchev–Trinajstić information content (AvgIpc) is 2.36. The van der Waals surface area contributed by atoms with Gasteiger partial charge < -0.3 is 10.0 Å². The van der Waals surface area contributed by atoms with Crippen LogP contribution in [0.2, 0.25) is 0 Å². The molecule has 0 amide bonds. The van der Waals surface area contributed by atoms with Gasteiger partial charge in [0.25, 0.3) is 0 Å². The Hall–Kier alpha value is -1.55. The molecule has 0 aromatic heterocycles. The maximum Gasteiger partial charge on any atom is 0.306 e. The normalized spacial score (nSPS) is 19.2. The number of carbonyl (C=O) groups is 1. The van der Waals surface area contributed by atoms with Gasteiger partial charge in [-0.25, -0.2) is 0 Å². The van der Waals surface area contributed by atoms with Gasteiger partial charge in [0.05, 0.1) is 5.92 Å². The molecule has 1 aliphatic heterocycles. The quantitative estimate of drug-likeness (QED) is 0.897. The number of carboxylic acid groups (broad SMARTS) is 1. The van der Waals surface area contributed by atoms with Crippen LogP contribution in [0.3, 0.4) is 0 Å². The number of nitrogens with zero attached hydrogens (tertiary/aromatic N) is 2. The second kappa shape index (κ2) is 5.83. The van der Waals surface area contributed by atoms with Crippen molar-refractivity contribution in [1.29, 1.82) is 0 Å². The molecule has 20 heavy (non-hydrogen) atoms. The highest BCUT2D eigenvalue weighted by Gasteiger charge is 2.36. The molecule has 2 rings (SSSR count). The molecule has 110 valence electrons. The molecule has 0 radical (unpaired) electrons. The van der Waals surface area contributed by atoms with Crippen molar-refractivity contribution in [1.82, 2.24) is 4.90 Å². The molecule has 1 heterocycles. The Bertz CT molecular complexity index is 464. The highest BCUT2D eigenvalue weighted by Crippen LogP contribution is 2.32. The number of carboxylic acids is 1. The van der Waals surface area contributed by atoms with Crippen LogP contribution in [0, 0.1) is 11.8 Å². The van der Waals surface area contributed by atoms with Gasteiger partial charge in [-0.05, 0) is 30.5 Å². The van der Waals surface area contributed by atoms with Crippen LogP contribution in [0.5, 0.6) is 0 Å². The first-order chi connectivity index (χ1) is 9.40. The standard InChI is InChI=1S/C16H24N2O2/c1-11(16(19)20)14-9-18(10-14)12(2)13-5-7-15(8-6-13)17(3)4/h5-8,11-12,14H,9-10H2,1-4H3,(H,19,20). The summed E-state index contributed by atoms with van der Waals surface area (Å²) in [4.78, 5) is 15.4. The summed E-state index contributed by atoms with van der Waals surface area (Å²) >= 11 is 0. The van der Waals surface area contributed by atoms with Crippen LogP contribution in [-0.2, 0) is 4.79 Å². The van der Waals surface area contributed by atoms with E-state index in [9.17, 15) is 4.79 Å². The van der Waals surface area contributed by atoms with Crippen LogP contribution < -0.4 is 4.90 Å². The van der Waals surface area contributed by atoms with E-state index in [1.54, 1.807) is 6.92 Å². The van der Waals surface area contributed by atoms with Crippen molar-refractivity contribution in [3.05, 3.63) is 29.8 Å². The molecule has 1 aromatic carbocycles. The summed E-state index contributed by atoms with van der Waals surface area (Å²) in [6, 6.07) is 8.93. The van der Waals surface area contributed by atoms with Gasteiger partial charge in [-0.3, -0.25) is 9.69 Å². The van der Waals surface area contributed by atoms with E-state index in [1.807, 2.05) is 14.1 Å². The molecular formula is C16H24N2O2. The van der Waals surface area contributed by atoms with Crippen molar-refractivity contribution in [2.45, 2.75) is 19.9 Å². The first-order valence-electron chi connectivity index (χ1n) is 7.14. The van der Waals surface area contributed by atoms with Gasteiger partial charge in [0.15, 0.2) is 0 Å². The van der Waals surface area contributed by atoms with Gasteiger partial charge in [-0.2, -0.15) is 0 Å². The predicted octanol–water partition coefficient (Wildman–Crippen LogP) is 2.47. The molecule has 0 spiro atoms. The lowest BCUT2D eigenvalue weighted by atomic mass is 9.85. The van der Waals surface area contributed by atoms with Crippen molar-refractivity contribution < 1.29 is 9.90 Å². The monoisotopic (exact) mass is 276 g/mol. The van der Waals surface area contributed by atoms with Gasteiger partial charge in [-0.1, -0.05) is 19.1 Å². The fourth-order valence-corrected chi connectivity index (χ4v) is 2.64. The van der Waals surface area contributed by atoms with Crippen LogP contribution >= 0.6 is 0 Å². The highest BCUT2D eigenvalue weighted by atomic mass is 16.4. The van der Waals surface area contributed by atoms with Crippen LogP contribution in [0.1, 0.15) is 25.5 Å². The number of benzene rings is 1. The van der Waals surface area contributed by atoms with Crippen LogP contribution in [-0.4, -0.2) is 43.2 Å². The summed E-state index contributed by atoms with van der Waals surface area (Å²) < 4.78 is 0. The number of hydrogen-bond acceptors (Lipinski definition) is 3. The molecule has 2 atom stereocenters. The molecule has 1 fully saturated rings. The van der Waals surface area contributed by atoms with E-state index < -0.39 is 5.97 Å². The fraction of sp³-hybridized carbons (Fsp3) is 0.562. The molecule has 1 N–H and O–H groups in total. The lowest BCUT2D eigenvalue weighted by Crippen LogP contribution is -2.51. The Morgan fingerprint density at radius 3 is 2.25 bits per heavy atom. The molecule has 0 bridgehead atoms. The molecule has 4 heteroatoms. The molecule has 2 unspecified atom stereocenters. The number of anilines is 1. The summed E-state index contributed by atoms with van der Waals surface area (Å²) in [6.07, 6.45) is 0. The van der Waals surface area contributed by atoms with Gasteiger partial charge in [-0.15, -0.1) is 0 Å². The average molecular weight is 276 g/mol. The molecule has 0 aliphatic carbocycles. The first-order valence-corrected chi connectivity index (χ1v) is 7.14. The second-order valence-corrected chi connectivity index (χ2v) is 6.00. The number of likely N-dealkylation sites (tertiary alicyclic amines) is 1. The van der Waals surface area contributed by atoms with E-state index in [0.29, 0.717) is 6.04 Å². The van der Waals surface area contributed by atoms with Crippen molar-refractivity contribution in [2.24, 2.45) is 11.8 Å². The smallest absolute Gasteiger partial charge is 0.306 e. The Morgan fingerprint density at radius 2 is 1.80 bits per heavy atom. The van der Waals surface area contributed by atoms with Crippen molar-refractivity contribution in [2.75, 3.05) is 32.1 Å². The van der Waals surface area contributed by atoms with Gasteiger partial charge >= 0.3 is 5.97 Å². The Kier molecular flexibility index (Phi) is 4.33. The Labute approximate surface area is 121 Å². The molecule has 4 nitrogen and oxygen atoms in total. The third-order valence-electron chi connectivity index (χ3n) is 4.47. The number of hydrogen-bond donors (Lipinski definition) is 1. The minimum atomic E-state index is -0.683. The predicted molar refractivity (Wildman–Crippen MR) is 81.0 cm³/mol. The van der Waals surface area contributed by atoms with Gasteiger partial charge in [0, 0.05) is 38.9 Å². The van der Waals surface area contributed by atoms with Gasteiger partial charge in [0.1, 0.15) is 0 Å². The number of aliphatic carboxylic acids is 1. The van der Waals surface area contributed by atoms with E-state index in [-0.39, 0.29) is 11.8 Å². The van der Waals surface area contributed by atoms with E-state index in [1.165, 1.54) is 11.3 Å². The third kappa shape index (κ3) is 2.96. The van der Waals surface area contributed by atoms with Crippen molar-refractivity contribution in [3.63, 3.8) is 0 Å². The Morgan fingerprint density at radius 1 is 1.25 bits per heavy atom. The van der Waals surface area contributed by atoms with E-state index in [4.69, 9.17) is 5.11 Å². The molecule has 1 aliphatic rings. The topological polar surface area (TPSA) is 43.8 Å². The van der Waals surface area contributed by atoms with E-state index >= 15 is 0 Å². The largest absolute Gasteiger partial charge is 0.481 e. The van der Waals surface area contributed by atoms with Crippen LogP contribution in [0.15, 0.2) is 24.3 Å². The maximum absolute atomic E-state index is 11.0. The van der Waals surface area contributed by atoms with Crippen LogP contribution in [0.4, 0.5) is 5.69 Å². The second-order valence-electron chi connectivity index (χ2n) is 6.00. The molecular weight excluding hydrogens is 252 g/mol. The lowest BCUT2D eigenvalue weighted by Gasteiger charge is -2.45. The lowest BCUT2D eigenvalue weighted by molar-refractivity contribution is -0.146. The fourth-order valence-electron chi connectivity index (χ4n) is 2.64. The first kappa shape index (κ1) is 14.9. The summed E-state index contributed by atoms with van der Waals surface area (Å²) in [5.74, 6) is -0.636. The van der Waals surface area contributed by atoms with Crippen LogP contribution in [0.25, 0.3) is 0 Å².